The van der Waals surface area contributed by atoms with Gasteiger partial charge >= 0.3 is 5.69 Å². The molecule has 1 aromatic carbocycles. The zero-order valence-electron chi connectivity index (χ0n) is 16.0. The van der Waals surface area contributed by atoms with Crippen LogP contribution in [0.3, 0.4) is 0 Å². The summed E-state index contributed by atoms with van der Waals surface area (Å²) < 4.78 is 3.89. The molecule has 3 heterocycles. The quantitative estimate of drug-likeness (QED) is 0.875. The summed E-state index contributed by atoms with van der Waals surface area (Å²) in [7, 11) is 3.96. The van der Waals surface area contributed by atoms with Crippen molar-refractivity contribution in [3.05, 3.63) is 28.7 Å². The number of aryl methyl sites for hydroxylation is 1. The maximum Gasteiger partial charge on any atom is 0.329 e. The third-order valence-electron chi connectivity index (χ3n) is 6.17. The van der Waals surface area contributed by atoms with Gasteiger partial charge < -0.3 is 15.5 Å². The number of hydrogen-bond acceptors (Lipinski definition) is 4. The van der Waals surface area contributed by atoms with Crippen LogP contribution in [0.2, 0.25) is 0 Å². The Bertz CT molecular complexity index is 809. The zero-order chi connectivity index (χ0) is 18.1. The van der Waals surface area contributed by atoms with E-state index in [9.17, 15) is 4.79 Å². The van der Waals surface area contributed by atoms with E-state index in [-0.39, 0.29) is 11.7 Å². The highest BCUT2D eigenvalue weighted by Crippen LogP contribution is 2.31. The third-order valence-corrected chi connectivity index (χ3v) is 6.17. The number of nitrogens with one attached hydrogen (secondary N) is 2. The molecule has 1 aromatic heterocycles. The Kier molecular flexibility index (Phi) is 5.05. The molecule has 0 amide bonds. The summed E-state index contributed by atoms with van der Waals surface area (Å²) in [6, 6.07) is 6.67. The summed E-state index contributed by atoms with van der Waals surface area (Å²) in [4.78, 5) is 15.5. The third kappa shape index (κ3) is 3.05. The van der Waals surface area contributed by atoms with E-state index >= 15 is 0 Å². The number of anilines is 1. The van der Waals surface area contributed by atoms with Crippen molar-refractivity contribution in [2.75, 3.05) is 44.7 Å². The first kappa shape index (κ1) is 17.6. The fraction of sp³-hybridized carbons (Fsp3) is 0.650. The Hall–Kier alpha value is -1.79. The lowest BCUT2D eigenvalue weighted by molar-refractivity contribution is 0.369. The second-order valence-corrected chi connectivity index (χ2v) is 7.84. The van der Waals surface area contributed by atoms with Crippen molar-refractivity contribution in [2.45, 2.75) is 31.7 Å². The van der Waals surface area contributed by atoms with Gasteiger partial charge in [-0.3, -0.25) is 9.13 Å². The van der Waals surface area contributed by atoms with Gasteiger partial charge in [0.25, 0.3) is 0 Å². The monoisotopic (exact) mass is 357 g/mol. The second kappa shape index (κ2) is 7.45. The number of aromatic nitrogens is 2. The normalized spacial score (nSPS) is 22.2. The van der Waals surface area contributed by atoms with Crippen LogP contribution >= 0.6 is 0 Å². The van der Waals surface area contributed by atoms with E-state index in [1.165, 1.54) is 18.5 Å². The molecule has 6 heteroatoms. The number of piperidine rings is 2. The molecule has 6 nitrogen and oxygen atoms in total. The van der Waals surface area contributed by atoms with Crippen LogP contribution in [0.1, 0.15) is 31.7 Å². The average Bonchev–Trinajstić information content (AvgIpc) is 2.94. The van der Waals surface area contributed by atoms with Crippen molar-refractivity contribution >= 4 is 16.7 Å². The zero-order valence-corrected chi connectivity index (χ0v) is 16.0. The van der Waals surface area contributed by atoms with Crippen LogP contribution in [-0.4, -0.2) is 48.9 Å². The molecule has 0 spiro atoms. The summed E-state index contributed by atoms with van der Waals surface area (Å²) in [6.45, 7) is 5.18. The van der Waals surface area contributed by atoms with Gasteiger partial charge in [0.15, 0.2) is 0 Å². The van der Waals surface area contributed by atoms with Crippen LogP contribution in [0.15, 0.2) is 23.0 Å². The molecule has 2 saturated heterocycles. The topological polar surface area (TPSA) is 54.2 Å². The summed E-state index contributed by atoms with van der Waals surface area (Å²) in [5.74, 6) is 0.761. The number of hydrogen-bond donors (Lipinski definition) is 2. The standard InChI is InChI=1S/C20H31N5O/c1-21-13-15-8-11-24(12-9-15)17-6-3-7-18-19(17)23(2)20(26)25(18)16-5-4-10-22-14-16/h3,6-7,15-16,21-22H,4-5,8-14H2,1-2H3. The van der Waals surface area contributed by atoms with E-state index in [1.807, 2.05) is 23.2 Å². The number of fused-ring (bicyclic) bond motifs is 1. The van der Waals surface area contributed by atoms with Gasteiger partial charge in [-0.2, -0.15) is 0 Å². The highest BCUT2D eigenvalue weighted by molar-refractivity contribution is 5.89. The molecule has 1 atom stereocenters. The molecule has 2 aliphatic heterocycles. The number of benzene rings is 1. The first-order valence-electron chi connectivity index (χ1n) is 10.0. The lowest BCUT2D eigenvalue weighted by Crippen LogP contribution is -2.37. The molecule has 0 saturated carbocycles. The van der Waals surface area contributed by atoms with Crippen LogP contribution in [0.25, 0.3) is 11.0 Å². The molecule has 0 aliphatic carbocycles. The maximum atomic E-state index is 13.0. The molecule has 1 unspecified atom stereocenters. The van der Waals surface area contributed by atoms with Crippen molar-refractivity contribution in [3.63, 3.8) is 0 Å². The predicted octanol–water partition coefficient (Wildman–Crippen LogP) is 1.70. The molecular formula is C20H31N5O. The van der Waals surface area contributed by atoms with Gasteiger partial charge in [-0.05, 0) is 63.9 Å². The molecule has 2 aromatic rings. The number of imidazole rings is 1. The van der Waals surface area contributed by atoms with E-state index in [2.05, 4.69) is 33.7 Å². The van der Waals surface area contributed by atoms with Gasteiger partial charge in [0.1, 0.15) is 0 Å². The first-order chi connectivity index (χ1) is 12.7. The lowest BCUT2D eigenvalue weighted by Gasteiger charge is -2.34. The molecule has 142 valence electrons. The van der Waals surface area contributed by atoms with Crippen LogP contribution < -0.4 is 21.2 Å². The van der Waals surface area contributed by atoms with Crippen molar-refractivity contribution in [3.8, 4) is 0 Å². The van der Waals surface area contributed by atoms with Gasteiger partial charge in [-0.25, -0.2) is 4.79 Å². The Morgan fingerprint density at radius 3 is 2.73 bits per heavy atom. The number of rotatable bonds is 4. The Morgan fingerprint density at radius 2 is 2.04 bits per heavy atom. The summed E-state index contributed by atoms with van der Waals surface area (Å²) in [6.07, 6.45) is 4.62. The molecule has 26 heavy (non-hydrogen) atoms. The van der Waals surface area contributed by atoms with Gasteiger partial charge in [-0.1, -0.05) is 6.07 Å². The van der Waals surface area contributed by atoms with E-state index in [1.54, 1.807) is 0 Å². The first-order valence-corrected chi connectivity index (χ1v) is 10.0. The Morgan fingerprint density at radius 1 is 1.23 bits per heavy atom. The summed E-state index contributed by atoms with van der Waals surface area (Å²) >= 11 is 0. The second-order valence-electron chi connectivity index (χ2n) is 7.84. The molecule has 2 N–H and O–H groups in total. The van der Waals surface area contributed by atoms with E-state index < -0.39 is 0 Å². The van der Waals surface area contributed by atoms with Crippen molar-refractivity contribution in [1.29, 1.82) is 0 Å². The summed E-state index contributed by atoms with van der Waals surface area (Å²) in [5, 5.41) is 6.75. The van der Waals surface area contributed by atoms with Gasteiger partial charge in [0.2, 0.25) is 0 Å². The number of nitrogens with zero attached hydrogens (tertiary/aromatic N) is 3. The van der Waals surface area contributed by atoms with Gasteiger partial charge in [0, 0.05) is 26.7 Å². The van der Waals surface area contributed by atoms with Crippen molar-refractivity contribution in [2.24, 2.45) is 13.0 Å². The van der Waals surface area contributed by atoms with Gasteiger partial charge in [0.05, 0.1) is 22.8 Å². The highest BCUT2D eigenvalue weighted by atomic mass is 16.1. The average molecular weight is 358 g/mol. The maximum absolute atomic E-state index is 13.0. The smallest absolute Gasteiger partial charge is 0.329 e. The molecule has 2 aliphatic rings. The molecule has 4 rings (SSSR count). The van der Waals surface area contributed by atoms with Gasteiger partial charge in [-0.15, -0.1) is 0 Å². The highest BCUT2D eigenvalue weighted by Gasteiger charge is 2.25. The largest absolute Gasteiger partial charge is 0.370 e. The van der Waals surface area contributed by atoms with Crippen molar-refractivity contribution < 1.29 is 0 Å². The minimum atomic E-state index is 0.117. The fourth-order valence-electron chi connectivity index (χ4n) is 4.75. The molecule has 0 radical (unpaired) electrons. The molecular weight excluding hydrogens is 326 g/mol. The van der Waals surface area contributed by atoms with E-state index in [0.29, 0.717) is 0 Å². The summed E-state index contributed by atoms with van der Waals surface area (Å²) in [5.41, 5.74) is 3.51. The number of para-hydroxylation sites is 1. The van der Waals surface area contributed by atoms with E-state index in [0.717, 1.165) is 62.5 Å². The minimum Gasteiger partial charge on any atom is -0.370 e. The van der Waals surface area contributed by atoms with Crippen LogP contribution in [0.4, 0.5) is 5.69 Å². The fourth-order valence-corrected chi connectivity index (χ4v) is 4.75. The van der Waals surface area contributed by atoms with Crippen molar-refractivity contribution in [1.82, 2.24) is 19.8 Å². The molecule has 0 bridgehead atoms. The van der Waals surface area contributed by atoms with Crippen LogP contribution in [0, 0.1) is 5.92 Å². The van der Waals surface area contributed by atoms with Crippen LogP contribution in [0.5, 0.6) is 0 Å². The minimum absolute atomic E-state index is 0.117. The Balaban J connectivity index is 1.70. The predicted molar refractivity (Wildman–Crippen MR) is 107 cm³/mol. The Labute approximate surface area is 155 Å². The molecule has 2 fully saturated rings. The lowest BCUT2D eigenvalue weighted by atomic mass is 9.96. The SMILES string of the molecule is CNCC1CCN(c2cccc3c2n(C)c(=O)n3C2CCCNC2)CC1. The van der Waals surface area contributed by atoms with E-state index in [4.69, 9.17) is 0 Å². The van der Waals surface area contributed by atoms with Crippen LogP contribution in [-0.2, 0) is 7.05 Å².